The zero-order valence-electron chi connectivity index (χ0n) is 36.0. The summed E-state index contributed by atoms with van der Waals surface area (Å²) in [7, 11) is -4.73. The second kappa shape index (κ2) is 39.9. The lowest BCUT2D eigenvalue weighted by molar-refractivity contribution is -0.161. The Bertz CT molecular complexity index is 1370. The Morgan fingerprint density at radius 1 is 0.633 bits per heavy atom. The zero-order chi connectivity index (χ0) is 44.5. The third kappa shape index (κ3) is 37.7. The Morgan fingerprint density at radius 3 is 1.88 bits per heavy atom. The summed E-state index contributed by atoms with van der Waals surface area (Å²) in [5.74, 6) is -1.33. The van der Waals surface area contributed by atoms with Gasteiger partial charge in [-0.15, -0.1) is 0 Å². The van der Waals surface area contributed by atoms with E-state index in [0.29, 0.717) is 19.3 Å². The number of carbonyl (C=O) groups is 2. The average molecular weight is 867 g/mol. The first-order chi connectivity index (χ1) is 28.9. The van der Waals surface area contributed by atoms with E-state index in [1.165, 1.54) is 44.6 Å². The van der Waals surface area contributed by atoms with Crippen molar-refractivity contribution in [3.05, 3.63) is 97.2 Å². The van der Waals surface area contributed by atoms with Crippen LogP contribution in [0.15, 0.2) is 97.2 Å². The van der Waals surface area contributed by atoms with Gasteiger partial charge in [-0.1, -0.05) is 143 Å². The maximum atomic E-state index is 12.6. The van der Waals surface area contributed by atoms with Crippen LogP contribution in [0.1, 0.15) is 123 Å². The summed E-state index contributed by atoms with van der Waals surface area (Å²) in [5, 5.41) is 48.8. The number of hydrogen-bond donors (Lipinski definition) is 6. The molecule has 0 aliphatic carbocycles. The van der Waals surface area contributed by atoms with E-state index < -0.39 is 76.7 Å². The molecule has 6 atom stereocenters. The smallest absolute Gasteiger partial charge is 0.462 e. The molecule has 0 aromatic heterocycles. The van der Waals surface area contributed by atoms with Gasteiger partial charge in [0, 0.05) is 12.8 Å². The molecule has 0 fully saturated rings. The Balaban J connectivity index is 4.74. The second-order valence-corrected chi connectivity index (χ2v) is 15.7. The van der Waals surface area contributed by atoms with E-state index in [2.05, 4.69) is 35.8 Å². The minimum atomic E-state index is -4.73. The van der Waals surface area contributed by atoms with Crippen LogP contribution < -0.4 is 0 Å². The van der Waals surface area contributed by atoms with Crippen molar-refractivity contribution < 1.29 is 63.1 Å². The number of ether oxygens (including phenoxy) is 2. The van der Waals surface area contributed by atoms with Crippen LogP contribution in [-0.4, -0.2) is 99.3 Å². The molecule has 0 bridgehead atoms. The number of phosphoric acid groups is 1. The monoisotopic (exact) mass is 866 g/mol. The highest BCUT2D eigenvalue weighted by molar-refractivity contribution is 7.47. The standard InChI is InChI=1S/C46H75O13P/c1-3-5-7-8-9-10-11-12-13-14-15-16-17-18-19-24-28-34-45(52)56-38-42(39-58-60(54,55)57-37-41(49)36-47)59-46(53)35-29-33-44(51)43(50)32-27-23-21-20-22-26-31-40(48)30-25-6-4-2/h6,12-13,15-16,18-23,25-27,31-32,40-44,47-51H,3-5,7-11,14,17,24,28-30,33-39H2,1-2H3,(H,54,55)/b13-12-,16-15-,19-18-,22-20+,23-21-,25-6-,31-26+,32-27-/t40-,41-,42+,43+,44+/m0/s1. The number of rotatable bonds is 38. The molecule has 1 unspecified atom stereocenters. The van der Waals surface area contributed by atoms with Crippen molar-refractivity contribution in [2.75, 3.05) is 26.4 Å². The lowest BCUT2D eigenvalue weighted by Gasteiger charge is -2.20. The molecule has 60 heavy (non-hydrogen) atoms. The minimum absolute atomic E-state index is 0.0508. The quantitative estimate of drug-likeness (QED) is 0.0114. The fourth-order valence-electron chi connectivity index (χ4n) is 5.11. The van der Waals surface area contributed by atoms with Crippen molar-refractivity contribution in [2.24, 2.45) is 0 Å². The van der Waals surface area contributed by atoms with Crippen LogP contribution >= 0.6 is 7.82 Å². The van der Waals surface area contributed by atoms with Gasteiger partial charge in [-0.3, -0.25) is 18.6 Å². The summed E-state index contributed by atoms with van der Waals surface area (Å²) >= 11 is 0. The van der Waals surface area contributed by atoms with E-state index in [0.717, 1.165) is 25.7 Å². The van der Waals surface area contributed by atoms with Gasteiger partial charge in [-0.25, -0.2) is 4.57 Å². The summed E-state index contributed by atoms with van der Waals surface area (Å²) in [6.45, 7) is 1.70. The number of esters is 2. The predicted molar refractivity (Wildman–Crippen MR) is 237 cm³/mol. The van der Waals surface area contributed by atoms with Gasteiger partial charge >= 0.3 is 19.8 Å². The van der Waals surface area contributed by atoms with Gasteiger partial charge in [0.1, 0.15) is 12.7 Å². The Hall–Kier alpha value is -3.23. The molecule has 0 aromatic rings. The van der Waals surface area contributed by atoms with Crippen molar-refractivity contribution in [3.8, 4) is 0 Å². The van der Waals surface area contributed by atoms with E-state index in [4.69, 9.17) is 19.1 Å². The Labute approximate surface area is 359 Å². The number of aliphatic hydroxyl groups excluding tert-OH is 5. The van der Waals surface area contributed by atoms with Gasteiger partial charge < -0.3 is 39.9 Å². The number of hydrogen-bond acceptors (Lipinski definition) is 12. The summed E-state index contributed by atoms with van der Waals surface area (Å²) in [4.78, 5) is 35.0. The molecule has 0 saturated carbocycles. The van der Waals surface area contributed by atoms with Crippen molar-refractivity contribution >= 4 is 19.8 Å². The molecule has 0 rings (SSSR count). The van der Waals surface area contributed by atoms with Crippen LogP contribution in [0.4, 0.5) is 0 Å². The number of carbonyl (C=O) groups excluding carboxylic acids is 2. The zero-order valence-corrected chi connectivity index (χ0v) is 36.9. The fourth-order valence-corrected chi connectivity index (χ4v) is 5.90. The van der Waals surface area contributed by atoms with E-state index in [1.54, 1.807) is 42.5 Å². The summed E-state index contributed by atoms with van der Waals surface area (Å²) in [6.07, 6.45) is 37.5. The minimum Gasteiger partial charge on any atom is -0.462 e. The lowest BCUT2D eigenvalue weighted by atomic mass is 10.1. The normalized spacial score (nSPS) is 16.3. The van der Waals surface area contributed by atoms with Crippen molar-refractivity contribution in [2.45, 2.75) is 154 Å². The number of unbranched alkanes of at least 4 members (excludes halogenated alkanes) is 7. The van der Waals surface area contributed by atoms with Crippen LogP contribution in [0, 0.1) is 0 Å². The van der Waals surface area contributed by atoms with Crippen LogP contribution in [-0.2, 0) is 32.7 Å². The summed E-state index contributed by atoms with van der Waals surface area (Å²) < 4.78 is 32.4. The SMILES string of the molecule is CC/C=C\C[C@H](O)/C=C/C=C/C=C\C=C/[C@@H](O)[C@H](O)CCCC(=O)O[C@H](COC(=O)CCC/C=C\C/C=C\C/C=C\CCCCCCCC)COP(=O)(O)OC[C@@H](O)CO. The first kappa shape index (κ1) is 56.8. The first-order valence-electron chi connectivity index (χ1n) is 21.5. The molecular formula is C46H75O13P. The van der Waals surface area contributed by atoms with Gasteiger partial charge in [-0.2, -0.15) is 0 Å². The average Bonchev–Trinajstić information content (AvgIpc) is 3.22. The molecule has 0 heterocycles. The van der Waals surface area contributed by atoms with E-state index in [1.807, 2.05) is 31.2 Å². The fraction of sp³-hybridized carbons (Fsp3) is 0.609. The lowest BCUT2D eigenvalue weighted by Crippen LogP contribution is -2.30. The maximum Gasteiger partial charge on any atom is 0.472 e. The molecule has 6 N–H and O–H groups in total. The third-order valence-electron chi connectivity index (χ3n) is 8.57. The molecule has 0 aromatic carbocycles. The number of allylic oxidation sites excluding steroid dienone is 13. The van der Waals surface area contributed by atoms with Gasteiger partial charge in [0.25, 0.3) is 0 Å². The molecule has 0 amide bonds. The molecule has 0 spiro atoms. The van der Waals surface area contributed by atoms with Gasteiger partial charge in [0.2, 0.25) is 0 Å². The van der Waals surface area contributed by atoms with Crippen molar-refractivity contribution in [1.82, 2.24) is 0 Å². The highest BCUT2D eigenvalue weighted by Gasteiger charge is 2.27. The van der Waals surface area contributed by atoms with Crippen LogP contribution in [0.5, 0.6) is 0 Å². The van der Waals surface area contributed by atoms with E-state index in [9.17, 15) is 39.5 Å². The van der Waals surface area contributed by atoms with Crippen molar-refractivity contribution in [3.63, 3.8) is 0 Å². The van der Waals surface area contributed by atoms with Crippen LogP contribution in [0.25, 0.3) is 0 Å². The highest BCUT2D eigenvalue weighted by atomic mass is 31.2. The van der Waals surface area contributed by atoms with E-state index >= 15 is 0 Å². The Kier molecular flexibility index (Phi) is 37.7. The van der Waals surface area contributed by atoms with Gasteiger partial charge in [0.05, 0.1) is 38.1 Å². The predicted octanol–water partition coefficient (Wildman–Crippen LogP) is 8.13. The van der Waals surface area contributed by atoms with Crippen molar-refractivity contribution in [1.29, 1.82) is 0 Å². The molecule has 0 saturated heterocycles. The maximum absolute atomic E-state index is 12.6. The van der Waals surface area contributed by atoms with E-state index in [-0.39, 0.29) is 25.7 Å². The number of phosphoric ester groups is 1. The molecule has 0 aliphatic heterocycles. The van der Waals surface area contributed by atoms with Gasteiger partial charge in [0.15, 0.2) is 6.10 Å². The molecule has 14 heteroatoms. The molecule has 13 nitrogen and oxygen atoms in total. The van der Waals surface area contributed by atoms with Crippen LogP contribution in [0.3, 0.4) is 0 Å². The molecule has 0 radical (unpaired) electrons. The topological polar surface area (TPSA) is 210 Å². The Morgan fingerprint density at radius 2 is 1.22 bits per heavy atom. The molecule has 0 aliphatic rings. The van der Waals surface area contributed by atoms with Crippen LogP contribution in [0.2, 0.25) is 0 Å². The van der Waals surface area contributed by atoms with Gasteiger partial charge in [-0.05, 0) is 64.2 Å². The molecule has 342 valence electrons. The third-order valence-corrected chi connectivity index (χ3v) is 9.52. The number of aliphatic hydroxyl groups is 5. The second-order valence-electron chi connectivity index (χ2n) is 14.2. The first-order valence-corrected chi connectivity index (χ1v) is 23.0. The highest BCUT2D eigenvalue weighted by Crippen LogP contribution is 2.43. The largest absolute Gasteiger partial charge is 0.472 e. The summed E-state index contributed by atoms with van der Waals surface area (Å²) in [6, 6.07) is 0. The molecular weight excluding hydrogens is 791 g/mol. The summed E-state index contributed by atoms with van der Waals surface area (Å²) in [5.41, 5.74) is 0.